The largest absolute Gasteiger partial charge is 0.0777 e. The topological polar surface area (TPSA) is 0 Å². The quantitative estimate of drug-likeness (QED) is 0.512. The third-order valence-corrected chi connectivity index (χ3v) is 6.34. The Balaban J connectivity index is 1.61. The summed E-state index contributed by atoms with van der Waals surface area (Å²) in [4.78, 5) is 0. The predicted molar refractivity (Wildman–Crippen MR) is 83.1 cm³/mol. The van der Waals surface area contributed by atoms with Gasteiger partial charge in [0.2, 0.25) is 0 Å². The van der Waals surface area contributed by atoms with Gasteiger partial charge in [-0.3, -0.25) is 0 Å². The molecule has 0 heterocycles. The minimum absolute atomic E-state index is 1.08. The molecule has 0 fully saturated rings. The lowest BCUT2D eigenvalue weighted by molar-refractivity contribution is 1.43. The molecule has 2 aromatic rings. The van der Waals surface area contributed by atoms with E-state index in [-0.39, 0.29) is 0 Å². The van der Waals surface area contributed by atoms with Gasteiger partial charge < -0.3 is 0 Å². The summed E-state index contributed by atoms with van der Waals surface area (Å²) in [6.45, 7) is 0. The lowest BCUT2D eigenvalue weighted by Crippen LogP contribution is -1.76. The Labute approximate surface area is 114 Å². The van der Waals surface area contributed by atoms with Gasteiger partial charge in [0.05, 0.1) is 0 Å². The second-order valence-electron chi connectivity index (χ2n) is 3.56. The predicted octanol–water partition coefficient (Wildman–Crippen LogP) is 5.42. The Morgan fingerprint density at radius 2 is 1.00 bits per heavy atom. The molecule has 17 heavy (non-hydrogen) atoms. The molecule has 0 saturated carbocycles. The van der Waals surface area contributed by atoms with Crippen molar-refractivity contribution in [3.8, 4) is 0 Å². The fraction of sp³-hybridized carbons (Fsp3) is 0.143. The molecule has 0 N–H and O–H groups in total. The molecule has 0 aromatic heterocycles. The Kier molecular flexibility index (Phi) is 5.89. The van der Waals surface area contributed by atoms with Gasteiger partial charge >= 0.3 is 0 Å². The van der Waals surface area contributed by atoms with Crippen molar-refractivity contribution >= 4 is 31.4 Å². The van der Waals surface area contributed by atoms with Crippen LogP contribution in [0.2, 0.25) is 0 Å². The zero-order chi connectivity index (χ0) is 11.8. The van der Waals surface area contributed by atoms with E-state index in [1.807, 2.05) is 31.4 Å². The second-order valence-corrected chi connectivity index (χ2v) is 7.80. The zero-order valence-electron chi connectivity index (χ0n) is 9.41. The van der Waals surface area contributed by atoms with E-state index < -0.39 is 0 Å². The molecule has 0 atom stereocenters. The van der Waals surface area contributed by atoms with E-state index in [9.17, 15) is 0 Å². The van der Waals surface area contributed by atoms with Crippen LogP contribution in [0, 0.1) is 0 Å². The normalized spacial score (nSPS) is 10.4. The molecule has 0 bridgehead atoms. The first-order chi connectivity index (χ1) is 8.45. The molecule has 2 rings (SSSR count). The summed E-state index contributed by atoms with van der Waals surface area (Å²) in [6.07, 6.45) is 0. The van der Waals surface area contributed by atoms with Gasteiger partial charge in [0.15, 0.2) is 0 Å². The highest BCUT2D eigenvalue weighted by molar-refractivity contribution is 9.09. The Morgan fingerprint density at radius 1 is 0.588 bits per heavy atom. The van der Waals surface area contributed by atoms with Crippen molar-refractivity contribution in [2.45, 2.75) is 11.5 Å². The minimum atomic E-state index is 1.08. The monoisotopic (exact) mass is 278 g/mol. The first kappa shape index (κ1) is 12.9. The molecule has 2 aromatic carbocycles. The lowest BCUT2D eigenvalue weighted by Gasteiger charge is -2.01. The van der Waals surface area contributed by atoms with Crippen LogP contribution in [0.15, 0.2) is 60.7 Å². The summed E-state index contributed by atoms with van der Waals surface area (Å²) in [5.41, 5.74) is 2.79. The Bertz CT molecular complexity index is 372. The maximum atomic E-state index is 2.18. The molecule has 88 valence electrons. The summed E-state index contributed by atoms with van der Waals surface area (Å²) >= 11 is 0. The van der Waals surface area contributed by atoms with E-state index >= 15 is 0 Å². The highest BCUT2D eigenvalue weighted by Gasteiger charge is 1.95. The molecular formula is C14H14S3. The van der Waals surface area contributed by atoms with Crippen LogP contribution >= 0.6 is 31.4 Å². The molecule has 0 radical (unpaired) electrons. The van der Waals surface area contributed by atoms with E-state index in [2.05, 4.69) is 60.7 Å². The van der Waals surface area contributed by atoms with E-state index in [0.717, 1.165) is 11.5 Å². The summed E-state index contributed by atoms with van der Waals surface area (Å²) < 4.78 is 0. The molecule has 0 nitrogen and oxygen atoms in total. The maximum absolute atomic E-state index is 2.18. The Hall–Kier alpha value is -0.510. The molecular weight excluding hydrogens is 264 g/mol. The number of rotatable bonds is 6. The Morgan fingerprint density at radius 3 is 1.41 bits per heavy atom. The highest BCUT2D eigenvalue weighted by Crippen LogP contribution is 2.38. The lowest BCUT2D eigenvalue weighted by atomic mass is 10.2. The first-order valence-corrected chi connectivity index (χ1v) is 9.26. The SMILES string of the molecule is c1ccc(CSSSCc2ccccc2)cc1. The minimum Gasteiger partial charge on any atom is -0.0777 e. The third-order valence-electron chi connectivity index (χ3n) is 2.23. The van der Waals surface area contributed by atoms with E-state index in [1.54, 1.807) is 0 Å². The van der Waals surface area contributed by atoms with Crippen LogP contribution in [0.5, 0.6) is 0 Å². The molecule has 0 aliphatic heterocycles. The van der Waals surface area contributed by atoms with E-state index in [4.69, 9.17) is 0 Å². The number of benzene rings is 2. The highest BCUT2D eigenvalue weighted by atomic mass is 33.5. The van der Waals surface area contributed by atoms with Crippen LogP contribution < -0.4 is 0 Å². The first-order valence-electron chi connectivity index (χ1n) is 5.44. The van der Waals surface area contributed by atoms with Gasteiger partial charge in [-0.2, -0.15) is 0 Å². The fourth-order valence-corrected chi connectivity index (χ4v) is 4.98. The van der Waals surface area contributed by atoms with Crippen molar-refractivity contribution < 1.29 is 0 Å². The standard InChI is InChI=1S/C14H14S3/c1-3-7-13(8-4-1)11-15-17-16-12-14-9-5-2-6-10-14/h1-10H,11-12H2. The van der Waals surface area contributed by atoms with Crippen LogP contribution in [-0.2, 0) is 11.5 Å². The molecule has 0 unspecified atom stereocenters. The van der Waals surface area contributed by atoms with Crippen molar-refractivity contribution in [2.75, 3.05) is 0 Å². The molecule has 0 spiro atoms. The number of hydrogen-bond donors (Lipinski definition) is 0. The molecule has 3 heteroatoms. The average Bonchev–Trinajstić information content (AvgIpc) is 2.41. The van der Waals surface area contributed by atoms with Crippen molar-refractivity contribution in [1.29, 1.82) is 0 Å². The van der Waals surface area contributed by atoms with Crippen LogP contribution in [0.25, 0.3) is 0 Å². The van der Waals surface area contributed by atoms with Crippen molar-refractivity contribution in [1.82, 2.24) is 0 Å². The van der Waals surface area contributed by atoms with Gasteiger partial charge in [-0.15, -0.1) is 0 Å². The fourth-order valence-electron chi connectivity index (χ4n) is 1.37. The van der Waals surface area contributed by atoms with Gasteiger partial charge in [0, 0.05) is 11.5 Å². The van der Waals surface area contributed by atoms with Crippen LogP contribution in [-0.4, -0.2) is 0 Å². The van der Waals surface area contributed by atoms with Gasteiger partial charge in [0.1, 0.15) is 0 Å². The van der Waals surface area contributed by atoms with Gasteiger partial charge in [-0.25, -0.2) is 0 Å². The van der Waals surface area contributed by atoms with Gasteiger partial charge in [0.25, 0.3) is 0 Å². The van der Waals surface area contributed by atoms with Crippen LogP contribution in [0.4, 0.5) is 0 Å². The molecule has 0 aliphatic rings. The molecule has 0 saturated heterocycles. The van der Waals surface area contributed by atoms with Crippen LogP contribution in [0.1, 0.15) is 11.1 Å². The maximum Gasteiger partial charge on any atom is 0.0296 e. The van der Waals surface area contributed by atoms with Crippen molar-refractivity contribution in [3.05, 3.63) is 71.8 Å². The van der Waals surface area contributed by atoms with Gasteiger partial charge in [-0.1, -0.05) is 82.3 Å². The van der Waals surface area contributed by atoms with Crippen LogP contribution in [0.3, 0.4) is 0 Å². The van der Waals surface area contributed by atoms with Gasteiger partial charge in [-0.05, 0) is 21.0 Å². The van der Waals surface area contributed by atoms with E-state index in [1.165, 1.54) is 11.1 Å². The molecule has 0 amide bonds. The van der Waals surface area contributed by atoms with E-state index in [0.29, 0.717) is 0 Å². The summed E-state index contributed by atoms with van der Waals surface area (Å²) in [6, 6.07) is 21.2. The zero-order valence-corrected chi connectivity index (χ0v) is 11.9. The summed E-state index contributed by atoms with van der Waals surface area (Å²) in [7, 11) is 5.69. The third kappa shape index (κ3) is 5.11. The average molecular weight is 278 g/mol. The summed E-state index contributed by atoms with van der Waals surface area (Å²) in [5, 5.41) is 0. The van der Waals surface area contributed by atoms with Crippen molar-refractivity contribution in [3.63, 3.8) is 0 Å². The summed E-state index contributed by atoms with van der Waals surface area (Å²) in [5.74, 6) is 2.15. The second kappa shape index (κ2) is 7.75. The van der Waals surface area contributed by atoms with Crippen molar-refractivity contribution in [2.24, 2.45) is 0 Å². The smallest absolute Gasteiger partial charge is 0.0296 e. The number of hydrogen-bond acceptors (Lipinski definition) is 3. The molecule has 0 aliphatic carbocycles.